The molecule has 0 bridgehead atoms. The number of aliphatic hydroxyl groups is 3. The zero-order valence-electron chi connectivity index (χ0n) is 20.9. The molecule has 0 amide bonds. The number of fused-ring (bicyclic) bond motifs is 1. The molecule has 2 aliphatic heterocycles. The molecule has 39 heavy (non-hydrogen) atoms. The molecule has 3 aromatic rings. The van der Waals surface area contributed by atoms with E-state index >= 15 is 0 Å². The Kier molecular flexibility index (Phi) is 8.07. The predicted octanol–water partition coefficient (Wildman–Crippen LogP) is -0.367. The lowest BCUT2D eigenvalue weighted by Crippen LogP contribution is -2.61. The molecule has 4 N–H and O–H groups in total. The van der Waals surface area contributed by atoms with Crippen LogP contribution in [0.15, 0.2) is 47.4 Å². The van der Waals surface area contributed by atoms with E-state index in [-0.39, 0.29) is 16.5 Å². The Bertz CT molecular complexity index is 1370. The van der Waals surface area contributed by atoms with E-state index in [4.69, 9.17) is 21.1 Å². The van der Waals surface area contributed by atoms with Crippen LogP contribution in [0.3, 0.4) is 0 Å². The third-order valence-electron chi connectivity index (χ3n) is 7.04. The summed E-state index contributed by atoms with van der Waals surface area (Å²) in [5.74, 6) is -1.36. The number of carboxylic acid groups (broad SMARTS) is 1. The van der Waals surface area contributed by atoms with Crippen LogP contribution in [0.1, 0.15) is 6.42 Å². The first-order chi connectivity index (χ1) is 18.7. The van der Waals surface area contributed by atoms with Crippen LogP contribution in [0, 0.1) is 0 Å². The number of hydrogen-bond donors (Lipinski definition) is 4. The molecule has 13 nitrogen and oxygen atoms in total. The Morgan fingerprint density at radius 1 is 1.05 bits per heavy atom. The summed E-state index contributed by atoms with van der Waals surface area (Å²) in [6.45, 7) is 4.56. The molecule has 5 rings (SSSR count). The second kappa shape index (κ2) is 11.5. The first-order valence-corrected chi connectivity index (χ1v) is 13.0. The summed E-state index contributed by atoms with van der Waals surface area (Å²) in [5, 5.41) is 43.8. The van der Waals surface area contributed by atoms with E-state index in [9.17, 15) is 30.0 Å². The molecule has 0 unspecified atom stereocenters. The molecular weight excluding hydrogens is 534 g/mol. The Labute approximate surface area is 228 Å². The van der Waals surface area contributed by atoms with E-state index in [1.54, 1.807) is 36.5 Å². The predicted molar refractivity (Wildman–Crippen MR) is 139 cm³/mol. The second-order valence-corrected chi connectivity index (χ2v) is 9.99. The average molecular weight is 564 g/mol. The van der Waals surface area contributed by atoms with Gasteiger partial charge in [-0.3, -0.25) is 9.30 Å². The normalized spacial score (nSPS) is 26.2. The van der Waals surface area contributed by atoms with Crippen LogP contribution in [0.4, 0.5) is 5.69 Å². The van der Waals surface area contributed by atoms with Crippen molar-refractivity contribution in [1.82, 2.24) is 19.1 Å². The van der Waals surface area contributed by atoms with Gasteiger partial charge >= 0.3 is 11.7 Å². The molecule has 2 aliphatic rings. The molecule has 0 radical (unpaired) electrons. The summed E-state index contributed by atoms with van der Waals surface area (Å²) in [5.41, 5.74) is 1.36. The molecule has 210 valence electrons. The van der Waals surface area contributed by atoms with E-state index in [0.717, 1.165) is 44.8 Å². The first kappa shape index (κ1) is 27.4. The summed E-state index contributed by atoms with van der Waals surface area (Å²) in [6, 6.07) is 10.5. The Hall–Kier alpha value is -3.20. The van der Waals surface area contributed by atoms with Crippen LogP contribution in [0.2, 0.25) is 5.02 Å². The first-order valence-electron chi connectivity index (χ1n) is 12.6. The molecule has 0 saturated carbocycles. The van der Waals surface area contributed by atoms with Gasteiger partial charge in [-0.05, 0) is 36.8 Å². The number of anilines is 1. The zero-order chi connectivity index (χ0) is 27.7. The van der Waals surface area contributed by atoms with E-state index < -0.39 is 36.7 Å². The van der Waals surface area contributed by atoms with Crippen molar-refractivity contribution in [2.24, 2.45) is 0 Å². The van der Waals surface area contributed by atoms with Crippen LogP contribution < -0.4 is 15.3 Å². The van der Waals surface area contributed by atoms with Crippen molar-refractivity contribution >= 4 is 28.9 Å². The van der Waals surface area contributed by atoms with Gasteiger partial charge in [0.25, 0.3) is 0 Å². The number of aliphatic hydroxyl groups excluding tert-OH is 3. The van der Waals surface area contributed by atoms with E-state index in [0.29, 0.717) is 12.2 Å². The molecule has 0 aliphatic carbocycles. The number of nitrogens with zero attached hydrogens (tertiary/aromatic N) is 5. The number of aliphatic carboxylic acids is 1. The van der Waals surface area contributed by atoms with Crippen molar-refractivity contribution in [2.45, 2.75) is 43.7 Å². The number of carboxylic acids is 1. The van der Waals surface area contributed by atoms with Crippen LogP contribution in [0.25, 0.3) is 5.65 Å². The second-order valence-electron chi connectivity index (χ2n) is 9.58. The maximum absolute atomic E-state index is 12.4. The van der Waals surface area contributed by atoms with Gasteiger partial charge in [-0.2, -0.15) is 0 Å². The van der Waals surface area contributed by atoms with Gasteiger partial charge < -0.3 is 34.8 Å². The van der Waals surface area contributed by atoms with Gasteiger partial charge in [0, 0.05) is 51.2 Å². The number of piperazine rings is 1. The van der Waals surface area contributed by atoms with Crippen LogP contribution >= 0.6 is 11.6 Å². The minimum Gasteiger partial charge on any atom is -0.479 e. The smallest absolute Gasteiger partial charge is 0.350 e. The number of halogens is 1. The fraction of sp³-hybridized carbons (Fsp3) is 0.480. The molecule has 14 heteroatoms. The number of hydrogen-bond acceptors (Lipinski definition) is 10. The maximum Gasteiger partial charge on any atom is 0.350 e. The number of carbonyl (C=O) groups is 1. The molecule has 2 aromatic heterocycles. The van der Waals surface area contributed by atoms with Crippen LogP contribution in [-0.2, 0) is 16.1 Å². The summed E-state index contributed by atoms with van der Waals surface area (Å²) >= 11 is 6.41. The number of aromatic nitrogens is 3. The van der Waals surface area contributed by atoms with Crippen LogP contribution in [-0.4, -0.2) is 109 Å². The number of ether oxygens (including phenoxy) is 2. The Morgan fingerprint density at radius 2 is 1.82 bits per heavy atom. The number of benzene rings is 1. The molecular formula is C25H30ClN5O8. The maximum atomic E-state index is 12.4. The Balaban J connectivity index is 1.13. The molecule has 4 heterocycles. The number of rotatable bonds is 8. The summed E-state index contributed by atoms with van der Waals surface area (Å²) in [7, 11) is 0. The summed E-state index contributed by atoms with van der Waals surface area (Å²) in [4.78, 5) is 28.2. The molecule has 2 fully saturated rings. The number of aryl methyl sites for hydroxylation is 1. The largest absolute Gasteiger partial charge is 0.479 e. The van der Waals surface area contributed by atoms with Gasteiger partial charge in [-0.1, -0.05) is 17.7 Å². The van der Waals surface area contributed by atoms with E-state index in [1.807, 2.05) is 6.07 Å². The summed E-state index contributed by atoms with van der Waals surface area (Å²) in [6.07, 6.45) is -6.03. The lowest BCUT2D eigenvalue weighted by molar-refractivity contribution is -0.271. The lowest BCUT2D eigenvalue weighted by Gasteiger charge is -2.38. The fourth-order valence-corrected chi connectivity index (χ4v) is 5.06. The third kappa shape index (κ3) is 5.73. The van der Waals surface area contributed by atoms with Crippen molar-refractivity contribution in [3.63, 3.8) is 0 Å². The number of pyridine rings is 1. The van der Waals surface area contributed by atoms with Gasteiger partial charge in [0.2, 0.25) is 6.29 Å². The quantitative estimate of drug-likeness (QED) is 0.283. The lowest BCUT2D eigenvalue weighted by atomic mass is 9.99. The molecule has 1 aromatic carbocycles. The van der Waals surface area contributed by atoms with Crippen molar-refractivity contribution in [1.29, 1.82) is 0 Å². The van der Waals surface area contributed by atoms with E-state index in [1.165, 1.54) is 9.08 Å². The molecule has 2 saturated heterocycles. The van der Waals surface area contributed by atoms with Gasteiger partial charge in [0.05, 0.1) is 5.02 Å². The van der Waals surface area contributed by atoms with Crippen molar-refractivity contribution in [2.75, 3.05) is 37.6 Å². The molecule has 0 spiro atoms. The monoisotopic (exact) mass is 563 g/mol. The summed E-state index contributed by atoms with van der Waals surface area (Å²) < 4.78 is 13.8. The van der Waals surface area contributed by atoms with Gasteiger partial charge in [0.1, 0.15) is 24.1 Å². The van der Waals surface area contributed by atoms with Gasteiger partial charge in [-0.15, -0.1) is 5.10 Å². The Morgan fingerprint density at radius 3 is 2.51 bits per heavy atom. The van der Waals surface area contributed by atoms with Crippen LogP contribution in [0.5, 0.6) is 5.75 Å². The van der Waals surface area contributed by atoms with E-state index in [2.05, 4.69) is 14.9 Å². The highest BCUT2D eigenvalue weighted by molar-refractivity contribution is 6.32. The van der Waals surface area contributed by atoms with Crippen molar-refractivity contribution in [3.05, 3.63) is 58.1 Å². The standard InChI is InChI=1S/C25H30ClN5O8/c26-16-14-15(5-6-17(16)38-24-21(34)19(32)20(33)22(39-24)23(35)36)29-12-10-28(11-13-29)7-3-9-31-25(37)30-8-2-1-4-18(30)27-31/h1-2,4-6,8,14,19-22,24,32-34H,3,7,9-13H2,(H,35,36)/t19-,20-,21-,22-,24+/m1/s1. The topological polar surface area (TPSA) is 162 Å². The minimum atomic E-state index is -1.80. The zero-order valence-corrected chi connectivity index (χ0v) is 21.7. The van der Waals surface area contributed by atoms with Gasteiger partial charge in [-0.25, -0.2) is 14.3 Å². The highest BCUT2D eigenvalue weighted by Gasteiger charge is 2.48. The van der Waals surface area contributed by atoms with Crippen molar-refractivity contribution in [3.8, 4) is 5.75 Å². The SMILES string of the molecule is O=C(O)[C@@H]1O[C@H](Oc2ccc(N3CCN(CCCn4nc5ccccn5c4=O)CC3)cc2Cl)[C@H](O)[C@H](O)[C@H]1O. The highest BCUT2D eigenvalue weighted by Crippen LogP contribution is 2.33. The van der Waals surface area contributed by atoms with Crippen molar-refractivity contribution < 1.29 is 34.7 Å². The molecule has 5 atom stereocenters. The minimum absolute atomic E-state index is 0.137. The fourth-order valence-electron chi connectivity index (χ4n) is 4.84. The third-order valence-corrected chi connectivity index (χ3v) is 7.34. The van der Waals surface area contributed by atoms with Gasteiger partial charge in [0.15, 0.2) is 11.8 Å². The highest BCUT2D eigenvalue weighted by atomic mass is 35.5. The average Bonchev–Trinajstić information content (AvgIpc) is 3.25.